The molecule has 5 aromatic rings. The number of pyridine rings is 1. The summed E-state index contributed by atoms with van der Waals surface area (Å²) in [6, 6.07) is 12.1. The van der Waals surface area contributed by atoms with Gasteiger partial charge in [-0.1, -0.05) is 41.6 Å². The zero-order valence-corrected chi connectivity index (χ0v) is 21.7. The number of carboxylic acids is 1. The maximum Gasteiger partial charge on any atom is 0.416 e. The Morgan fingerprint density at radius 2 is 1.81 bits per heavy atom. The topological polar surface area (TPSA) is 110 Å². The van der Waals surface area contributed by atoms with Crippen molar-refractivity contribution >= 4 is 22.6 Å². The molecule has 0 aliphatic heterocycles. The van der Waals surface area contributed by atoms with Gasteiger partial charge in [0.25, 0.3) is 0 Å². The maximum atomic E-state index is 15.1. The van der Waals surface area contributed by atoms with Crippen LogP contribution in [-0.2, 0) is 23.9 Å². The average molecular weight is 585 g/mol. The first kappa shape index (κ1) is 28.5. The van der Waals surface area contributed by atoms with Gasteiger partial charge in [-0.2, -0.15) is 18.2 Å². The lowest BCUT2D eigenvalue weighted by Gasteiger charge is -2.17. The number of nitrogens with one attached hydrogen (secondary N) is 1. The number of fused-ring (bicyclic) bond motifs is 1. The van der Waals surface area contributed by atoms with Crippen molar-refractivity contribution in [1.29, 1.82) is 0 Å². The summed E-state index contributed by atoms with van der Waals surface area (Å²) < 4.78 is 75.8. The smallest absolute Gasteiger partial charge is 0.416 e. The van der Waals surface area contributed by atoms with Gasteiger partial charge in [-0.3, -0.25) is 9.59 Å². The molecule has 0 aliphatic rings. The lowest BCUT2D eigenvalue weighted by atomic mass is 10.1. The number of hydrogen-bond acceptors (Lipinski definition) is 6. The number of halogens is 5. The van der Waals surface area contributed by atoms with Crippen LogP contribution in [-0.4, -0.2) is 31.8 Å². The molecule has 0 saturated carbocycles. The molecule has 0 radical (unpaired) electrons. The molecule has 42 heavy (non-hydrogen) atoms. The van der Waals surface area contributed by atoms with E-state index in [-0.39, 0.29) is 52.4 Å². The molecule has 0 bridgehead atoms. The highest BCUT2D eigenvalue weighted by Crippen LogP contribution is 2.31. The molecule has 13 heteroatoms. The molecule has 0 amide bonds. The molecule has 3 aromatic carbocycles. The van der Waals surface area contributed by atoms with Crippen LogP contribution in [0.5, 0.6) is 0 Å². The number of aliphatic carboxylic acids is 1. The van der Waals surface area contributed by atoms with E-state index in [0.717, 1.165) is 23.8 Å². The fraction of sp³-hybridized carbons (Fsp3) is 0.172. The Labute approximate surface area is 234 Å². The Kier molecular flexibility index (Phi) is 7.50. The predicted molar refractivity (Wildman–Crippen MR) is 142 cm³/mol. The average Bonchev–Trinajstić information content (AvgIpc) is 3.40. The summed E-state index contributed by atoms with van der Waals surface area (Å²) in [5.74, 6) is -3.30. The zero-order valence-electron chi connectivity index (χ0n) is 21.7. The van der Waals surface area contributed by atoms with Crippen molar-refractivity contribution in [2.45, 2.75) is 32.1 Å². The minimum Gasteiger partial charge on any atom is -0.480 e. The van der Waals surface area contributed by atoms with Crippen LogP contribution >= 0.6 is 0 Å². The first-order valence-electron chi connectivity index (χ1n) is 12.5. The third kappa shape index (κ3) is 5.85. The second-order valence-electron chi connectivity index (χ2n) is 9.53. The quantitative estimate of drug-likeness (QED) is 0.220. The van der Waals surface area contributed by atoms with Crippen LogP contribution < -0.4 is 10.7 Å². The minimum absolute atomic E-state index is 0.0533. The summed E-state index contributed by atoms with van der Waals surface area (Å²) in [6.45, 7) is 0.908. The van der Waals surface area contributed by atoms with E-state index in [1.165, 1.54) is 23.8 Å². The van der Waals surface area contributed by atoms with Gasteiger partial charge < -0.3 is 19.5 Å². The minimum atomic E-state index is -4.76. The normalized spacial score (nSPS) is 12.4. The number of hydrogen-bond donors (Lipinski definition) is 2. The summed E-state index contributed by atoms with van der Waals surface area (Å²) in [7, 11) is 0. The molecule has 0 fully saturated rings. The van der Waals surface area contributed by atoms with E-state index in [1.54, 1.807) is 0 Å². The molecule has 0 spiro atoms. The first-order valence-corrected chi connectivity index (χ1v) is 12.5. The summed E-state index contributed by atoms with van der Waals surface area (Å²) >= 11 is 0. The standard InChI is InChI=1S/C29H21F5N4O4/c1-15(28(40)41)35-23-12-24-19(11-22(23)31)26(39)20(27-36-25(42-37-27)9-16-5-3-2-4-6-16)14-38(24)13-17-7-8-18(10-21(17)30)29(32,33)34/h2-8,10-12,14-15,35H,9,13H2,1H3,(H,40,41). The number of aromatic nitrogens is 3. The van der Waals surface area contributed by atoms with Gasteiger partial charge in [-0.25, -0.2) is 8.78 Å². The van der Waals surface area contributed by atoms with E-state index < -0.39 is 40.8 Å². The predicted octanol–water partition coefficient (Wildman–Crippen LogP) is 5.87. The Bertz CT molecular complexity index is 1850. The molecule has 8 nitrogen and oxygen atoms in total. The monoisotopic (exact) mass is 584 g/mol. The largest absolute Gasteiger partial charge is 0.480 e. The molecule has 1 atom stereocenters. The number of anilines is 1. The zero-order chi connectivity index (χ0) is 30.2. The number of carboxylic acid groups (broad SMARTS) is 1. The Hall–Kier alpha value is -5.07. The van der Waals surface area contributed by atoms with Gasteiger partial charge in [-0.05, 0) is 36.8 Å². The molecule has 1 unspecified atom stereocenters. The summed E-state index contributed by atoms with van der Waals surface area (Å²) in [5, 5.41) is 15.4. The second kappa shape index (κ2) is 11.1. The van der Waals surface area contributed by atoms with Gasteiger partial charge in [-0.15, -0.1) is 0 Å². The van der Waals surface area contributed by atoms with Crippen LogP contribution in [0.2, 0.25) is 0 Å². The van der Waals surface area contributed by atoms with E-state index in [1.807, 2.05) is 30.3 Å². The number of benzene rings is 3. The summed E-state index contributed by atoms with van der Waals surface area (Å²) in [6.07, 6.45) is -3.23. The van der Waals surface area contributed by atoms with Crippen LogP contribution in [0.15, 0.2) is 76.2 Å². The van der Waals surface area contributed by atoms with Gasteiger partial charge in [0.05, 0.1) is 35.3 Å². The van der Waals surface area contributed by atoms with Crippen molar-refractivity contribution in [1.82, 2.24) is 14.7 Å². The Balaban J connectivity index is 1.64. The summed E-state index contributed by atoms with van der Waals surface area (Å²) in [4.78, 5) is 29.1. The van der Waals surface area contributed by atoms with Crippen LogP contribution in [0.3, 0.4) is 0 Å². The Morgan fingerprint density at radius 1 is 1.07 bits per heavy atom. The molecular formula is C29H21F5N4O4. The lowest BCUT2D eigenvalue weighted by Crippen LogP contribution is -2.26. The van der Waals surface area contributed by atoms with Crippen LogP contribution in [0.4, 0.5) is 27.6 Å². The van der Waals surface area contributed by atoms with Crippen molar-refractivity contribution in [3.63, 3.8) is 0 Å². The fourth-order valence-corrected chi connectivity index (χ4v) is 4.35. The van der Waals surface area contributed by atoms with Gasteiger partial charge in [0.15, 0.2) is 0 Å². The van der Waals surface area contributed by atoms with Crippen LogP contribution in [0.1, 0.15) is 29.5 Å². The Morgan fingerprint density at radius 3 is 2.48 bits per heavy atom. The molecule has 2 heterocycles. The first-order chi connectivity index (χ1) is 19.9. The van der Waals surface area contributed by atoms with Crippen molar-refractivity contribution in [2.75, 3.05) is 5.32 Å². The highest BCUT2D eigenvalue weighted by Gasteiger charge is 2.31. The van der Waals surface area contributed by atoms with Gasteiger partial charge in [0.1, 0.15) is 17.7 Å². The molecular weight excluding hydrogens is 563 g/mol. The van der Waals surface area contributed by atoms with E-state index >= 15 is 4.39 Å². The number of alkyl halides is 3. The summed E-state index contributed by atoms with van der Waals surface area (Å²) in [5.41, 5.74) is -1.50. The van der Waals surface area contributed by atoms with Crippen molar-refractivity contribution < 1.29 is 36.4 Å². The molecule has 0 saturated heterocycles. The molecule has 216 valence electrons. The number of nitrogens with zero attached hydrogens (tertiary/aromatic N) is 3. The van der Waals surface area contributed by atoms with E-state index in [9.17, 15) is 32.3 Å². The van der Waals surface area contributed by atoms with E-state index in [0.29, 0.717) is 6.07 Å². The molecule has 2 aromatic heterocycles. The van der Waals surface area contributed by atoms with E-state index in [4.69, 9.17) is 4.52 Å². The third-order valence-corrected chi connectivity index (χ3v) is 6.54. The number of rotatable bonds is 8. The molecule has 0 aliphatic carbocycles. The van der Waals surface area contributed by atoms with Crippen LogP contribution in [0, 0.1) is 11.6 Å². The van der Waals surface area contributed by atoms with Gasteiger partial charge in [0.2, 0.25) is 17.1 Å². The van der Waals surface area contributed by atoms with Gasteiger partial charge in [0, 0.05) is 17.1 Å². The molecule has 5 rings (SSSR count). The fourth-order valence-electron chi connectivity index (χ4n) is 4.35. The van der Waals surface area contributed by atoms with E-state index in [2.05, 4.69) is 15.5 Å². The third-order valence-electron chi connectivity index (χ3n) is 6.54. The highest BCUT2D eigenvalue weighted by molar-refractivity contribution is 5.87. The SMILES string of the molecule is CC(Nc1cc2c(cc1F)c(=O)c(-c1noc(Cc3ccccc3)n1)cn2Cc1ccc(C(F)(F)F)cc1F)C(=O)O. The van der Waals surface area contributed by atoms with Crippen molar-refractivity contribution in [3.05, 3.63) is 111 Å². The van der Waals surface area contributed by atoms with Crippen molar-refractivity contribution in [3.8, 4) is 11.4 Å². The van der Waals surface area contributed by atoms with Gasteiger partial charge >= 0.3 is 12.1 Å². The second-order valence-corrected chi connectivity index (χ2v) is 9.53. The molecule has 2 N–H and O–H groups in total. The van der Waals surface area contributed by atoms with Crippen LogP contribution in [0.25, 0.3) is 22.3 Å². The van der Waals surface area contributed by atoms with Crippen molar-refractivity contribution in [2.24, 2.45) is 0 Å². The number of carbonyl (C=O) groups is 1. The highest BCUT2D eigenvalue weighted by atomic mass is 19.4. The lowest BCUT2D eigenvalue weighted by molar-refractivity contribution is -0.138. The maximum absolute atomic E-state index is 15.1.